The number of nitrogen functional groups attached to an aromatic ring is 1. The third-order valence-electron chi connectivity index (χ3n) is 5.00. The SMILES string of the molecule is C=CC(=O)CCC.CCC=C(C(N)CC)C(N)CC.Nc1ccc(C2CC2)cc1O. The van der Waals surface area contributed by atoms with E-state index in [0.29, 0.717) is 18.0 Å². The Bertz CT molecular complexity index is 654. The summed E-state index contributed by atoms with van der Waals surface area (Å²) in [4.78, 5) is 10.3. The first-order valence-corrected chi connectivity index (χ1v) is 11.2. The molecule has 2 rings (SSSR count). The lowest BCUT2D eigenvalue weighted by molar-refractivity contribution is -0.114. The molecule has 0 heterocycles. The smallest absolute Gasteiger partial charge is 0.155 e. The van der Waals surface area contributed by atoms with Crippen molar-refractivity contribution in [3.63, 3.8) is 0 Å². The fraction of sp³-hybridized carbons (Fsp3) is 0.560. The predicted molar refractivity (Wildman–Crippen MR) is 130 cm³/mol. The highest BCUT2D eigenvalue weighted by Gasteiger charge is 2.23. The fourth-order valence-electron chi connectivity index (χ4n) is 2.86. The standard InChI is InChI=1S/C10H22N2.C9H11NO.C6H10O/c1-4-7-8(9(11)5-2)10(12)6-3;10-8-4-3-7(5-9(8)11)6-1-2-6;1-3-5-6(7)4-2/h7,9-10H,4-6,11-12H2,1-3H3;3-6,11H,1-2,10H2;4H,2-3,5H2,1H3. The van der Waals surface area contributed by atoms with E-state index in [-0.39, 0.29) is 23.6 Å². The summed E-state index contributed by atoms with van der Waals surface area (Å²) < 4.78 is 0. The molecule has 2 atom stereocenters. The molecule has 30 heavy (non-hydrogen) atoms. The number of rotatable bonds is 9. The van der Waals surface area contributed by atoms with E-state index in [4.69, 9.17) is 17.2 Å². The Morgan fingerprint density at radius 2 is 1.73 bits per heavy atom. The van der Waals surface area contributed by atoms with Crippen LogP contribution >= 0.6 is 0 Å². The molecule has 5 heteroatoms. The minimum absolute atomic E-state index is 0.141. The maximum Gasteiger partial charge on any atom is 0.155 e. The second-order valence-corrected chi connectivity index (χ2v) is 7.65. The van der Waals surface area contributed by atoms with Crippen molar-refractivity contribution in [3.8, 4) is 5.75 Å². The van der Waals surface area contributed by atoms with Crippen molar-refractivity contribution in [2.45, 2.75) is 90.6 Å². The zero-order chi connectivity index (χ0) is 23.1. The molecule has 1 aliphatic carbocycles. The highest BCUT2D eigenvalue weighted by molar-refractivity contribution is 5.88. The number of allylic oxidation sites excluding steroid dienone is 2. The Kier molecular flexibility index (Phi) is 14.6. The number of hydrogen-bond acceptors (Lipinski definition) is 5. The Morgan fingerprint density at radius 3 is 2.07 bits per heavy atom. The van der Waals surface area contributed by atoms with Crippen molar-refractivity contribution >= 4 is 11.5 Å². The largest absolute Gasteiger partial charge is 0.506 e. The predicted octanol–water partition coefficient (Wildman–Crippen LogP) is 5.19. The summed E-state index contributed by atoms with van der Waals surface area (Å²) >= 11 is 0. The molecule has 1 aliphatic rings. The van der Waals surface area contributed by atoms with E-state index in [0.717, 1.165) is 25.7 Å². The highest BCUT2D eigenvalue weighted by Crippen LogP contribution is 2.41. The second kappa shape index (κ2) is 15.7. The number of phenols is 1. The van der Waals surface area contributed by atoms with Crippen LogP contribution in [0, 0.1) is 0 Å². The van der Waals surface area contributed by atoms with Gasteiger partial charge in [-0.15, -0.1) is 0 Å². The molecule has 0 aliphatic heterocycles. The van der Waals surface area contributed by atoms with Crippen LogP contribution in [0.15, 0.2) is 42.5 Å². The van der Waals surface area contributed by atoms with Gasteiger partial charge in [0.25, 0.3) is 0 Å². The molecule has 0 bridgehead atoms. The fourth-order valence-corrected chi connectivity index (χ4v) is 2.86. The van der Waals surface area contributed by atoms with Crippen molar-refractivity contribution in [1.82, 2.24) is 0 Å². The van der Waals surface area contributed by atoms with Gasteiger partial charge < -0.3 is 22.3 Å². The number of phenolic OH excluding ortho intramolecular Hbond substituents is 1. The van der Waals surface area contributed by atoms with E-state index in [1.807, 2.05) is 13.0 Å². The number of hydrogen-bond donors (Lipinski definition) is 4. The van der Waals surface area contributed by atoms with Crippen LogP contribution in [-0.4, -0.2) is 23.0 Å². The topological polar surface area (TPSA) is 115 Å². The van der Waals surface area contributed by atoms with Gasteiger partial charge in [0.05, 0.1) is 5.69 Å². The zero-order valence-corrected chi connectivity index (χ0v) is 19.4. The Labute approximate surface area is 183 Å². The number of anilines is 1. The summed E-state index contributed by atoms with van der Waals surface area (Å²) in [5, 5.41) is 9.25. The summed E-state index contributed by atoms with van der Waals surface area (Å²) in [6.45, 7) is 11.6. The maximum absolute atomic E-state index is 10.3. The molecule has 0 saturated heterocycles. The molecule has 1 fully saturated rings. The normalized spacial score (nSPS) is 14.2. The molecule has 0 amide bonds. The number of carbonyl (C=O) groups excluding carboxylic acids is 1. The van der Waals surface area contributed by atoms with Crippen LogP contribution in [-0.2, 0) is 4.79 Å². The van der Waals surface area contributed by atoms with Crippen LogP contribution in [0.1, 0.15) is 84.1 Å². The average molecular weight is 418 g/mol. The van der Waals surface area contributed by atoms with Gasteiger partial charge >= 0.3 is 0 Å². The molecule has 1 aromatic rings. The molecular formula is C25H43N3O2. The van der Waals surface area contributed by atoms with E-state index in [1.54, 1.807) is 12.1 Å². The Hall–Kier alpha value is -2.11. The minimum Gasteiger partial charge on any atom is -0.506 e. The third-order valence-corrected chi connectivity index (χ3v) is 5.00. The van der Waals surface area contributed by atoms with Crippen LogP contribution in [0.2, 0.25) is 0 Å². The Morgan fingerprint density at radius 1 is 1.17 bits per heavy atom. The Balaban J connectivity index is 0.000000436. The molecule has 1 saturated carbocycles. The van der Waals surface area contributed by atoms with Crippen LogP contribution in [0.5, 0.6) is 5.75 Å². The van der Waals surface area contributed by atoms with Crippen molar-refractivity contribution in [2.75, 3.05) is 5.73 Å². The van der Waals surface area contributed by atoms with Crippen LogP contribution in [0.25, 0.3) is 0 Å². The van der Waals surface area contributed by atoms with Gasteiger partial charge in [0.1, 0.15) is 5.75 Å². The number of carbonyl (C=O) groups is 1. The molecule has 1 aromatic carbocycles. The van der Waals surface area contributed by atoms with Gasteiger partial charge in [0.2, 0.25) is 0 Å². The van der Waals surface area contributed by atoms with Gasteiger partial charge in [-0.1, -0.05) is 46.4 Å². The summed E-state index contributed by atoms with van der Waals surface area (Å²) in [6, 6.07) is 5.84. The molecular weight excluding hydrogens is 374 g/mol. The first-order chi connectivity index (χ1) is 14.2. The van der Waals surface area contributed by atoms with Crippen molar-refractivity contribution in [3.05, 3.63) is 48.1 Å². The molecule has 0 radical (unpaired) electrons. The van der Waals surface area contributed by atoms with E-state index >= 15 is 0 Å². The van der Waals surface area contributed by atoms with E-state index < -0.39 is 0 Å². The summed E-state index contributed by atoms with van der Waals surface area (Å²) in [5.41, 5.74) is 20.2. The molecule has 0 aromatic heterocycles. The first-order valence-electron chi connectivity index (χ1n) is 11.2. The number of nitrogens with two attached hydrogens (primary N) is 3. The lowest BCUT2D eigenvalue weighted by Gasteiger charge is -2.19. The van der Waals surface area contributed by atoms with Crippen LogP contribution in [0.3, 0.4) is 0 Å². The minimum atomic E-state index is 0.141. The number of benzene rings is 1. The van der Waals surface area contributed by atoms with E-state index in [2.05, 4.69) is 33.4 Å². The number of aromatic hydroxyl groups is 1. The number of ketones is 1. The maximum atomic E-state index is 10.3. The first kappa shape index (κ1) is 27.9. The van der Waals surface area contributed by atoms with Crippen molar-refractivity contribution < 1.29 is 9.90 Å². The van der Waals surface area contributed by atoms with Gasteiger partial charge in [-0.25, -0.2) is 0 Å². The van der Waals surface area contributed by atoms with Gasteiger partial charge in [0, 0.05) is 18.5 Å². The van der Waals surface area contributed by atoms with Gasteiger partial charge in [-0.2, -0.15) is 0 Å². The van der Waals surface area contributed by atoms with Crippen molar-refractivity contribution in [2.24, 2.45) is 11.5 Å². The zero-order valence-electron chi connectivity index (χ0n) is 19.4. The van der Waals surface area contributed by atoms with Gasteiger partial charge in [-0.3, -0.25) is 4.79 Å². The lowest BCUT2D eigenvalue weighted by Crippen LogP contribution is -2.34. The van der Waals surface area contributed by atoms with Crippen LogP contribution < -0.4 is 17.2 Å². The van der Waals surface area contributed by atoms with Crippen molar-refractivity contribution in [1.29, 1.82) is 0 Å². The monoisotopic (exact) mass is 417 g/mol. The third kappa shape index (κ3) is 11.2. The second-order valence-electron chi connectivity index (χ2n) is 7.65. The lowest BCUT2D eigenvalue weighted by atomic mass is 9.96. The summed E-state index contributed by atoms with van der Waals surface area (Å²) in [5.74, 6) is 1.04. The van der Waals surface area contributed by atoms with Crippen LogP contribution in [0.4, 0.5) is 5.69 Å². The van der Waals surface area contributed by atoms with Gasteiger partial charge in [0.15, 0.2) is 5.78 Å². The summed E-state index contributed by atoms with van der Waals surface area (Å²) in [6.07, 6.45) is 10.6. The summed E-state index contributed by atoms with van der Waals surface area (Å²) in [7, 11) is 0. The molecule has 0 spiro atoms. The quantitative estimate of drug-likeness (QED) is 0.191. The molecule has 2 unspecified atom stereocenters. The molecule has 5 nitrogen and oxygen atoms in total. The molecule has 170 valence electrons. The molecule has 7 N–H and O–H groups in total. The van der Waals surface area contributed by atoms with E-state index in [9.17, 15) is 9.90 Å². The average Bonchev–Trinajstić information content (AvgIpc) is 3.59. The highest BCUT2D eigenvalue weighted by atomic mass is 16.3. The van der Waals surface area contributed by atoms with Gasteiger partial charge in [-0.05, 0) is 73.8 Å². The van der Waals surface area contributed by atoms with E-state index in [1.165, 1.54) is 30.1 Å².